The van der Waals surface area contributed by atoms with E-state index in [9.17, 15) is 0 Å². The first-order chi connectivity index (χ1) is 9.98. The number of hydrogen-bond acceptors (Lipinski definition) is 3. The topological polar surface area (TPSA) is 32.5 Å². The molecule has 0 aromatic heterocycles. The SMILES string of the molecule is CC(C)C1CCCC(CN)(N2CCN(C(C)C)CC2)CC1. The van der Waals surface area contributed by atoms with E-state index in [-0.39, 0.29) is 0 Å². The van der Waals surface area contributed by atoms with E-state index in [1.165, 1.54) is 58.3 Å². The number of rotatable bonds is 4. The molecule has 2 rings (SSSR count). The standard InChI is InChI=1S/C18H37N3/c1-15(2)17-6-5-8-18(14-19,9-7-17)21-12-10-20(11-13-21)16(3)4/h15-17H,5-14,19H2,1-4H3. The van der Waals surface area contributed by atoms with E-state index in [1.54, 1.807) is 0 Å². The molecule has 0 radical (unpaired) electrons. The maximum Gasteiger partial charge on any atom is 0.0332 e. The first-order valence-electron chi connectivity index (χ1n) is 9.17. The summed E-state index contributed by atoms with van der Waals surface area (Å²) in [4.78, 5) is 5.35. The van der Waals surface area contributed by atoms with Gasteiger partial charge in [0.1, 0.15) is 0 Å². The Morgan fingerprint density at radius 1 is 1.00 bits per heavy atom. The summed E-state index contributed by atoms with van der Waals surface area (Å²) in [5.74, 6) is 1.74. The first-order valence-corrected chi connectivity index (χ1v) is 9.17. The molecule has 2 aliphatic rings. The number of nitrogens with zero attached hydrogens (tertiary/aromatic N) is 2. The monoisotopic (exact) mass is 295 g/mol. The molecule has 2 unspecified atom stereocenters. The fourth-order valence-electron chi connectivity index (χ4n) is 4.45. The van der Waals surface area contributed by atoms with Gasteiger partial charge in [-0.2, -0.15) is 0 Å². The van der Waals surface area contributed by atoms with Crippen LogP contribution in [0.1, 0.15) is 59.8 Å². The zero-order chi connectivity index (χ0) is 15.5. The lowest BCUT2D eigenvalue weighted by atomic mass is 9.85. The van der Waals surface area contributed by atoms with Gasteiger partial charge in [-0.3, -0.25) is 9.80 Å². The van der Waals surface area contributed by atoms with Crippen LogP contribution in [0.15, 0.2) is 0 Å². The van der Waals surface area contributed by atoms with Gasteiger partial charge in [0, 0.05) is 44.3 Å². The van der Waals surface area contributed by atoms with Gasteiger partial charge in [0.15, 0.2) is 0 Å². The molecule has 1 saturated heterocycles. The molecule has 2 N–H and O–H groups in total. The fourth-order valence-corrected chi connectivity index (χ4v) is 4.45. The molecule has 0 aromatic rings. The van der Waals surface area contributed by atoms with Crippen LogP contribution in [-0.2, 0) is 0 Å². The van der Waals surface area contributed by atoms with E-state index >= 15 is 0 Å². The molecule has 124 valence electrons. The van der Waals surface area contributed by atoms with E-state index in [4.69, 9.17) is 5.73 Å². The lowest BCUT2D eigenvalue weighted by Crippen LogP contribution is -2.60. The molecule has 1 aliphatic carbocycles. The van der Waals surface area contributed by atoms with Crippen molar-refractivity contribution >= 4 is 0 Å². The maximum atomic E-state index is 6.30. The molecule has 1 heterocycles. The summed E-state index contributed by atoms with van der Waals surface area (Å²) in [5.41, 5.74) is 6.60. The molecule has 0 aromatic carbocycles. The molecule has 3 nitrogen and oxygen atoms in total. The molecule has 1 saturated carbocycles. The molecular formula is C18H37N3. The van der Waals surface area contributed by atoms with Crippen molar-refractivity contribution in [3.63, 3.8) is 0 Å². The minimum atomic E-state index is 0.298. The second-order valence-corrected chi connectivity index (χ2v) is 7.98. The van der Waals surface area contributed by atoms with Crippen LogP contribution in [0.4, 0.5) is 0 Å². The van der Waals surface area contributed by atoms with E-state index in [1.807, 2.05) is 0 Å². The third-order valence-corrected chi connectivity index (χ3v) is 6.24. The molecule has 21 heavy (non-hydrogen) atoms. The van der Waals surface area contributed by atoms with Crippen LogP contribution in [0, 0.1) is 11.8 Å². The molecular weight excluding hydrogens is 258 g/mol. The van der Waals surface area contributed by atoms with Gasteiger partial charge in [0.05, 0.1) is 0 Å². The highest BCUT2D eigenvalue weighted by Crippen LogP contribution is 2.37. The van der Waals surface area contributed by atoms with Crippen molar-refractivity contribution in [1.29, 1.82) is 0 Å². The van der Waals surface area contributed by atoms with Gasteiger partial charge in [-0.25, -0.2) is 0 Å². The average molecular weight is 296 g/mol. The lowest BCUT2D eigenvalue weighted by molar-refractivity contribution is 0.0163. The van der Waals surface area contributed by atoms with Crippen molar-refractivity contribution in [2.24, 2.45) is 17.6 Å². The Balaban J connectivity index is 1.98. The van der Waals surface area contributed by atoms with Gasteiger partial charge in [-0.1, -0.05) is 26.7 Å². The first kappa shape index (κ1) is 17.2. The van der Waals surface area contributed by atoms with E-state index in [0.717, 1.165) is 18.4 Å². The molecule has 0 spiro atoms. The zero-order valence-electron chi connectivity index (χ0n) is 14.8. The highest BCUT2D eigenvalue weighted by Gasteiger charge is 2.39. The molecule has 2 atom stereocenters. The lowest BCUT2D eigenvalue weighted by Gasteiger charge is -2.48. The van der Waals surface area contributed by atoms with Crippen LogP contribution in [-0.4, -0.2) is 54.1 Å². The Hall–Kier alpha value is -0.120. The maximum absolute atomic E-state index is 6.30. The minimum absolute atomic E-state index is 0.298. The molecule has 3 heteroatoms. The number of nitrogens with two attached hydrogens (primary N) is 1. The van der Waals surface area contributed by atoms with Gasteiger partial charge < -0.3 is 5.73 Å². The average Bonchev–Trinajstić information content (AvgIpc) is 2.71. The Morgan fingerprint density at radius 2 is 1.67 bits per heavy atom. The van der Waals surface area contributed by atoms with Gasteiger partial charge in [-0.05, 0) is 44.9 Å². The van der Waals surface area contributed by atoms with Crippen molar-refractivity contribution in [1.82, 2.24) is 9.80 Å². The smallest absolute Gasteiger partial charge is 0.0332 e. The highest BCUT2D eigenvalue weighted by molar-refractivity contribution is 4.96. The van der Waals surface area contributed by atoms with Crippen molar-refractivity contribution in [3.05, 3.63) is 0 Å². The van der Waals surface area contributed by atoms with E-state index in [2.05, 4.69) is 37.5 Å². The van der Waals surface area contributed by atoms with Gasteiger partial charge >= 0.3 is 0 Å². The predicted molar refractivity (Wildman–Crippen MR) is 91.5 cm³/mol. The summed E-state index contributed by atoms with van der Waals surface area (Å²) >= 11 is 0. The van der Waals surface area contributed by atoms with Crippen molar-refractivity contribution < 1.29 is 0 Å². The van der Waals surface area contributed by atoms with Crippen LogP contribution < -0.4 is 5.73 Å². The Kier molecular flexibility index (Phi) is 6.10. The van der Waals surface area contributed by atoms with Crippen molar-refractivity contribution in [2.75, 3.05) is 32.7 Å². The molecule has 1 aliphatic heterocycles. The summed E-state index contributed by atoms with van der Waals surface area (Å²) < 4.78 is 0. The van der Waals surface area contributed by atoms with E-state index < -0.39 is 0 Å². The largest absolute Gasteiger partial charge is 0.329 e. The minimum Gasteiger partial charge on any atom is -0.329 e. The van der Waals surface area contributed by atoms with Gasteiger partial charge in [0.25, 0.3) is 0 Å². The summed E-state index contributed by atoms with van der Waals surface area (Å²) in [6, 6.07) is 0.681. The highest BCUT2D eigenvalue weighted by atomic mass is 15.3. The third-order valence-electron chi connectivity index (χ3n) is 6.24. The predicted octanol–water partition coefficient (Wildman–Crippen LogP) is 2.95. The van der Waals surface area contributed by atoms with Crippen LogP contribution in [0.5, 0.6) is 0 Å². The number of hydrogen-bond donors (Lipinski definition) is 1. The second-order valence-electron chi connectivity index (χ2n) is 7.98. The summed E-state index contributed by atoms with van der Waals surface area (Å²) in [5, 5.41) is 0. The van der Waals surface area contributed by atoms with Crippen molar-refractivity contribution in [3.8, 4) is 0 Å². The van der Waals surface area contributed by atoms with Crippen LogP contribution >= 0.6 is 0 Å². The van der Waals surface area contributed by atoms with Crippen molar-refractivity contribution in [2.45, 2.75) is 71.4 Å². The summed E-state index contributed by atoms with van der Waals surface area (Å²) in [6.45, 7) is 15.1. The van der Waals surface area contributed by atoms with E-state index in [0.29, 0.717) is 11.6 Å². The van der Waals surface area contributed by atoms with Crippen LogP contribution in [0.3, 0.4) is 0 Å². The van der Waals surface area contributed by atoms with Gasteiger partial charge in [-0.15, -0.1) is 0 Å². The quantitative estimate of drug-likeness (QED) is 0.809. The molecule has 0 bridgehead atoms. The fraction of sp³-hybridized carbons (Fsp3) is 1.00. The second kappa shape index (κ2) is 7.43. The Bertz CT molecular complexity index is 308. The zero-order valence-corrected chi connectivity index (χ0v) is 14.8. The Labute approximate surface area is 132 Å². The third kappa shape index (κ3) is 4.00. The Morgan fingerprint density at radius 3 is 2.19 bits per heavy atom. The molecule has 0 amide bonds. The normalized spacial score (nSPS) is 33.6. The summed E-state index contributed by atoms with van der Waals surface area (Å²) in [7, 11) is 0. The van der Waals surface area contributed by atoms with Gasteiger partial charge in [0.2, 0.25) is 0 Å². The number of piperazine rings is 1. The van der Waals surface area contributed by atoms with Crippen LogP contribution in [0.2, 0.25) is 0 Å². The molecule has 2 fully saturated rings. The summed E-state index contributed by atoms with van der Waals surface area (Å²) in [6.07, 6.45) is 6.78. The van der Waals surface area contributed by atoms with Crippen LogP contribution in [0.25, 0.3) is 0 Å².